The second-order valence-electron chi connectivity index (χ2n) is 5.02. The first-order valence-corrected chi connectivity index (χ1v) is 6.77. The zero-order chi connectivity index (χ0) is 16.5. The number of aromatic amines is 1. The standard InChI is InChI=1S/C12H15ClN4O5/c1-6(19)9-7(5-18)12(14,2-3-13)10(22-9)17-11(21)16-8(20)4-15-17/h4,6-7,9-10,18-19H,5,14H2,1H3,(H,16,20,21)/t6-,7?,9+,10+,12?/m0/s1. The summed E-state index contributed by atoms with van der Waals surface area (Å²) in [6.07, 6.45) is -2.23. The van der Waals surface area contributed by atoms with E-state index in [9.17, 15) is 19.8 Å². The highest BCUT2D eigenvalue weighted by molar-refractivity contribution is 6.30. The number of halogens is 1. The third-order valence-electron chi connectivity index (χ3n) is 3.60. The normalized spacial score (nSPS) is 32.3. The topological polar surface area (TPSA) is 143 Å². The Morgan fingerprint density at radius 3 is 2.86 bits per heavy atom. The Bertz CT molecular complexity index is 720. The van der Waals surface area contributed by atoms with Crippen LogP contribution in [0.2, 0.25) is 0 Å². The van der Waals surface area contributed by atoms with Crippen molar-refractivity contribution in [2.75, 3.05) is 6.61 Å². The van der Waals surface area contributed by atoms with Crippen molar-refractivity contribution < 1.29 is 14.9 Å². The molecule has 22 heavy (non-hydrogen) atoms. The summed E-state index contributed by atoms with van der Waals surface area (Å²) in [5.41, 5.74) is 3.07. The number of aliphatic hydroxyl groups excluding tert-OH is 2. The number of nitrogens with two attached hydrogens (primary N) is 1. The van der Waals surface area contributed by atoms with Gasteiger partial charge in [-0.2, -0.15) is 9.78 Å². The van der Waals surface area contributed by atoms with Gasteiger partial charge in [-0.1, -0.05) is 5.92 Å². The highest BCUT2D eigenvalue weighted by Crippen LogP contribution is 2.41. The molecular formula is C12H15ClN4O5. The van der Waals surface area contributed by atoms with Gasteiger partial charge >= 0.3 is 5.69 Å². The van der Waals surface area contributed by atoms with Crippen molar-refractivity contribution in [3.8, 4) is 11.3 Å². The number of H-pyrrole nitrogens is 1. The molecule has 1 saturated heterocycles. The van der Waals surface area contributed by atoms with Crippen molar-refractivity contribution in [2.45, 2.75) is 30.9 Å². The van der Waals surface area contributed by atoms with Gasteiger partial charge in [0.15, 0.2) is 6.23 Å². The van der Waals surface area contributed by atoms with Crippen molar-refractivity contribution in [1.29, 1.82) is 0 Å². The molecule has 0 spiro atoms. The van der Waals surface area contributed by atoms with Gasteiger partial charge < -0.3 is 20.7 Å². The van der Waals surface area contributed by atoms with Gasteiger partial charge in [-0.25, -0.2) is 4.79 Å². The Kier molecular flexibility index (Phi) is 4.69. The Morgan fingerprint density at radius 2 is 2.36 bits per heavy atom. The summed E-state index contributed by atoms with van der Waals surface area (Å²) in [7, 11) is 0. The van der Waals surface area contributed by atoms with Crippen LogP contribution in [0.25, 0.3) is 0 Å². The van der Waals surface area contributed by atoms with E-state index < -0.39 is 47.7 Å². The molecule has 0 amide bonds. The fourth-order valence-electron chi connectivity index (χ4n) is 2.54. The summed E-state index contributed by atoms with van der Waals surface area (Å²) >= 11 is 5.43. The van der Waals surface area contributed by atoms with Crippen LogP contribution in [0.4, 0.5) is 0 Å². The summed E-state index contributed by atoms with van der Waals surface area (Å²) in [6, 6.07) is 0. The molecule has 5 N–H and O–H groups in total. The van der Waals surface area contributed by atoms with E-state index in [1.165, 1.54) is 6.92 Å². The van der Waals surface area contributed by atoms with E-state index in [-0.39, 0.29) is 0 Å². The molecule has 0 aliphatic carbocycles. The lowest BCUT2D eigenvalue weighted by Gasteiger charge is -2.29. The minimum Gasteiger partial charge on any atom is -0.396 e. The van der Waals surface area contributed by atoms with Crippen molar-refractivity contribution >= 4 is 11.6 Å². The molecule has 5 atom stereocenters. The number of hydrogen-bond acceptors (Lipinski definition) is 7. The van der Waals surface area contributed by atoms with Gasteiger partial charge in [0.2, 0.25) is 0 Å². The van der Waals surface area contributed by atoms with Crippen LogP contribution in [0, 0.1) is 17.2 Å². The third-order valence-corrected chi connectivity index (χ3v) is 3.69. The van der Waals surface area contributed by atoms with E-state index in [0.29, 0.717) is 0 Å². The fourth-order valence-corrected chi connectivity index (χ4v) is 2.71. The van der Waals surface area contributed by atoms with Crippen LogP contribution in [-0.2, 0) is 4.74 Å². The molecule has 1 aliphatic heterocycles. The van der Waals surface area contributed by atoms with Crippen LogP contribution in [0.15, 0.2) is 15.8 Å². The molecule has 2 heterocycles. The summed E-state index contributed by atoms with van der Waals surface area (Å²) in [5.74, 6) is 1.69. The average molecular weight is 331 g/mol. The van der Waals surface area contributed by atoms with Crippen LogP contribution >= 0.6 is 11.6 Å². The molecule has 2 unspecified atom stereocenters. The molecule has 2 rings (SSSR count). The van der Waals surface area contributed by atoms with Gasteiger partial charge in [0.25, 0.3) is 5.56 Å². The lowest BCUT2D eigenvalue weighted by atomic mass is 9.82. The second kappa shape index (κ2) is 6.20. The number of rotatable bonds is 3. The Balaban J connectivity index is 2.59. The largest absolute Gasteiger partial charge is 0.396 e. The Labute approximate surface area is 129 Å². The summed E-state index contributed by atoms with van der Waals surface area (Å²) in [6.45, 7) is 1.000. The first kappa shape index (κ1) is 16.7. The zero-order valence-corrected chi connectivity index (χ0v) is 12.3. The number of ether oxygens (including phenoxy) is 1. The first-order chi connectivity index (χ1) is 10.3. The van der Waals surface area contributed by atoms with Gasteiger partial charge in [-0.15, -0.1) is 0 Å². The van der Waals surface area contributed by atoms with Crippen LogP contribution in [0.5, 0.6) is 0 Å². The molecule has 1 aromatic heterocycles. The SMILES string of the molecule is C[C@H](O)[C@H]1O[C@@H](n2ncc(=O)[nH]c2=O)C(N)(C#CCl)C1CO. The number of hydrogen-bond donors (Lipinski definition) is 4. The molecule has 0 bridgehead atoms. The van der Waals surface area contributed by atoms with E-state index in [0.717, 1.165) is 10.9 Å². The zero-order valence-electron chi connectivity index (χ0n) is 11.6. The summed E-state index contributed by atoms with van der Waals surface area (Å²) in [5, 5.41) is 25.2. The van der Waals surface area contributed by atoms with Gasteiger partial charge in [0.05, 0.1) is 18.8 Å². The lowest BCUT2D eigenvalue weighted by Crippen LogP contribution is -2.54. The van der Waals surface area contributed by atoms with Crippen molar-refractivity contribution in [2.24, 2.45) is 11.7 Å². The second-order valence-corrected chi connectivity index (χ2v) is 5.21. The molecule has 0 aromatic carbocycles. The maximum atomic E-state index is 11.9. The van der Waals surface area contributed by atoms with Gasteiger partial charge in [0, 0.05) is 11.3 Å². The highest BCUT2D eigenvalue weighted by Gasteiger charge is 2.56. The fraction of sp³-hybridized carbons (Fsp3) is 0.583. The molecule has 1 aromatic rings. The van der Waals surface area contributed by atoms with Crippen molar-refractivity contribution in [3.05, 3.63) is 27.0 Å². The minimum atomic E-state index is -1.58. The average Bonchev–Trinajstić information content (AvgIpc) is 2.72. The van der Waals surface area contributed by atoms with Crippen LogP contribution < -0.4 is 17.0 Å². The minimum absolute atomic E-state index is 0.452. The highest BCUT2D eigenvalue weighted by atomic mass is 35.5. The van der Waals surface area contributed by atoms with Gasteiger partial charge in [-0.05, 0) is 18.5 Å². The van der Waals surface area contributed by atoms with Crippen LogP contribution in [0.1, 0.15) is 13.2 Å². The maximum Gasteiger partial charge on any atom is 0.347 e. The molecule has 120 valence electrons. The van der Waals surface area contributed by atoms with E-state index in [2.05, 4.69) is 16.4 Å². The molecule has 1 fully saturated rings. The maximum absolute atomic E-state index is 11.9. The van der Waals surface area contributed by atoms with E-state index in [1.807, 2.05) is 4.98 Å². The van der Waals surface area contributed by atoms with E-state index in [1.54, 1.807) is 0 Å². The monoisotopic (exact) mass is 330 g/mol. The van der Waals surface area contributed by atoms with E-state index in [4.69, 9.17) is 22.1 Å². The molecular weight excluding hydrogens is 316 g/mol. The van der Waals surface area contributed by atoms with Crippen molar-refractivity contribution in [3.63, 3.8) is 0 Å². The predicted octanol–water partition coefficient (Wildman–Crippen LogP) is -2.28. The van der Waals surface area contributed by atoms with Gasteiger partial charge in [0.1, 0.15) is 11.7 Å². The molecule has 0 saturated carbocycles. The van der Waals surface area contributed by atoms with Crippen molar-refractivity contribution in [1.82, 2.24) is 14.8 Å². The molecule has 0 radical (unpaired) electrons. The number of nitrogens with one attached hydrogen (secondary N) is 1. The summed E-state index contributed by atoms with van der Waals surface area (Å²) in [4.78, 5) is 25.0. The number of nitrogens with zero attached hydrogens (tertiary/aromatic N) is 2. The molecule has 1 aliphatic rings. The Morgan fingerprint density at radius 1 is 1.68 bits per heavy atom. The van der Waals surface area contributed by atoms with Gasteiger partial charge in [-0.3, -0.25) is 9.78 Å². The lowest BCUT2D eigenvalue weighted by molar-refractivity contribution is -0.0749. The molecule has 10 heteroatoms. The van der Waals surface area contributed by atoms with Crippen LogP contribution in [-0.4, -0.2) is 49.3 Å². The first-order valence-electron chi connectivity index (χ1n) is 6.39. The van der Waals surface area contributed by atoms with E-state index >= 15 is 0 Å². The third kappa shape index (κ3) is 2.67. The number of aromatic nitrogens is 3. The summed E-state index contributed by atoms with van der Waals surface area (Å²) < 4.78 is 6.38. The quantitative estimate of drug-likeness (QED) is 0.457. The predicted molar refractivity (Wildman–Crippen MR) is 75.8 cm³/mol. The number of aliphatic hydroxyl groups is 2. The molecule has 9 nitrogen and oxygen atoms in total. The Hall–Kier alpha value is -1.70. The van der Waals surface area contributed by atoms with Crippen LogP contribution in [0.3, 0.4) is 0 Å². The smallest absolute Gasteiger partial charge is 0.347 e.